The average molecular weight is 395 g/mol. The summed E-state index contributed by atoms with van der Waals surface area (Å²) in [4.78, 5) is 29.6. The largest absolute Gasteiger partial charge is 0.480 e. The Bertz CT molecular complexity index is 723. The Morgan fingerprint density at radius 2 is 1.89 bits per heavy atom. The summed E-state index contributed by atoms with van der Waals surface area (Å²) in [5.74, 6) is -2.23. The number of amides is 1. The maximum Gasteiger partial charge on any atom is 0.323 e. The van der Waals surface area contributed by atoms with Gasteiger partial charge in [0.05, 0.1) is 6.04 Å². The monoisotopic (exact) mass is 395 g/mol. The van der Waals surface area contributed by atoms with E-state index in [2.05, 4.69) is 9.80 Å². The Balaban J connectivity index is 1.62. The minimum Gasteiger partial charge on any atom is -0.480 e. The summed E-state index contributed by atoms with van der Waals surface area (Å²) >= 11 is 0. The highest BCUT2D eigenvalue weighted by molar-refractivity contribution is 5.85. The number of piperazine rings is 1. The highest BCUT2D eigenvalue weighted by Crippen LogP contribution is 2.26. The van der Waals surface area contributed by atoms with Crippen LogP contribution >= 0.6 is 0 Å². The molecule has 0 radical (unpaired) electrons. The van der Waals surface area contributed by atoms with Crippen LogP contribution in [0.25, 0.3) is 0 Å². The van der Waals surface area contributed by atoms with Crippen molar-refractivity contribution in [3.05, 3.63) is 35.4 Å². The fourth-order valence-corrected chi connectivity index (χ4v) is 4.22. The van der Waals surface area contributed by atoms with Gasteiger partial charge in [0.1, 0.15) is 18.2 Å². The molecule has 2 saturated heterocycles. The normalized spacial score (nSPS) is 23.5. The Labute approximate surface area is 163 Å². The van der Waals surface area contributed by atoms with Crippen molar-refractivity contribution >= 4 is 11.9 Å². The van der Waals surface area contributed by atoms with Gasteiger partial charge >= 0.3 is 5.97 Å². The van der Waals surface area contributed by atoms with Crippen molar-refractivity contribution in [1.29, 1.82) is 0 Å². The second-order valence-corrected chi connectivity index (χ2v) is 7.58. The number of carboxylic acids is 1. The first-order chi connectivity index (χ1) is 13.4. The Kier molecular flexibility index (Phi) is 6.61. The maximum atomic E-state index is 14.1. The quantitative estimate of drug-likeness (QED) is 0.827. The van der Waals surface area contributed by atoms with Crippen molar-refractivity contribution in [3.8, 4) is 0 Å². The second kappa shape index (κ2) is 8.96. The zero-order valence-corrected chi connectivity index (χ0v) is 16.1. The van der Waals surface area contributed by atoms with Crippen LogP contribution in [0.2, 0.25) is 0 Å². The molecule has 2 heterocycles. The van der Waals surface area contributed by atoms with Crippen LogP contribution in [0, 0.1) is 11.6 Å². The van der Waals surface area contributed by atoms with Crippen molar-refractivity contribution in [2.45, 2.75) is 38.3 Å². The molecule has 3 rings (SSSR count). The van der Waals surface area contributed by atoms with Crippen molar-refractivity contribution < 1.29 is 23.5 Å². The van der Waals surface area contributed by atoms with E-state index in [1.165, 1.54) is 17.0 Å². The second-order valence-electron chi connectivity index (χ2n) is 7.58. The van der Waals surface area contributed by atoms with E-state index in [1.807, 2.05) is 6.92 Å². The third kappa shape index (κ3) is 4.67. The molecule has 0 spiro atoms. The van der Waals surface area contributed by atoms with Crippen LogP contribution in [0.15, 0.2) is 18.2 Å². The van der Waals surface area contributed by atoms with Crippen molar-refractivity contribution in [1.82, 2.24) is 14.7 Å². The number of aliphatic carboxylic acids is 1. The number of hydrogen-bond donors (Lipinski definition) is 1. The SMILES string of the molecule is CC(c1ccc(F)cc1F)N1CCN(C2CCCCN(CC(=O)O)C2=O)CC1. The summed E-state index contributed by atoms with van der Waals surface area (Å²) in [5, 5.41) is 9.05. The standard InChI is InChI=1S/C20H27F2N3O3/c1-14(16-6-5-15(21)12-17(16)22)23-8-10-24(11-9-23)18-4-2-3-7-25(20(18)28)13-19(26)27/h5-6,12,14,18H,2-4,7-11,13H2,1H3,(H,26,27). The molecule has 1 N–H and O–H groups in total. The minimum absolute atomic E-state index is 0.106. The molecule has 0 bridgehead atoms. The number of nitrogens with zero attached hydrogens (tertiary/aromatic N) is 3. The van der Waals surface area contributed by atoms with Crippen LogP contribution in [0.1, 0.15) is 37.8 Å². The minimum atomic E-state index is -0.992. The molecule has 154 valence electrons. The molecule has 0 aromatic heterocycles. The molecule has 8 heteroatoms. The van der Waals surface area contributed by atoms with Crippen LogP contribution in [-0.2, 0) is 9.59 Å². The molecule has 1 aromatic rings. The Hall–Kier alpha value is -2.06. The highest BCUT2D eigenvalue weighted by atomic mass is 19.1. The van der Waals surface area contributed by atoms with Gasteiger partial charge in [0.25, 0.3) is 0 Å². The van der Waals surface area contributed by atoms with Crippen molar-refractivity contribution in [2.24, 2.45) is 0 Å². The molecule has 2 aliphatic heterocycles. The average Bonchev–Trinajstić information content (AvgIpc) is 2.83. The zero-order chi connectivity index (χ0) is 20.3. The first-order valence-corrected chi connectivity index (χ1v) is 9.80. The fraction of sp³-hybridized carbons (Fsp3) is 0.600. The van der Waals surface area contributed by atoms with E-state index >= 15 is 0 Å². The molecule has 28 heavy (non-hydrogen) atoms. The first-order valence-electron chi connectivity index (χ1n) is 9.80. The van der Waals surface area contributed by atoms with Crippen LogP contribution in [-0.4, -0.2) is 77.0 Å². The molecular formula is C20H27F2N3O3. The summed E-state index contributed by atoms with van der Waals surface area (Å²) in [6.45, 7) is 4.78. The van der Waals surface area contributed by atoms with Gasteiger partial charge in [-0.3, -0.25) is 19.4 Å². The summed E-state index contributed by atoms with van der Waals surface area (Å²) < 4.78 is 27.2. The lowest BCUT2D eigenvalue weighted by molar-refractivity contribution is -0.147. The van der Waals surface area contributed by atoms with E-state index < -0.39 is 17.6 Å². The lowest BCUT2D eigenvalue weighted by Gasteiger charge is -2.41. The Morgan fingerprint density at radius 1 is 1.18 bits per heavy atom. The summed E-state index contributed by atoms with van der Waals surface area (Å²) in [7, 11) is 0. The predicted molar refractivity (Wildman–Crippen MR) is 99.8 cm³/mol. The van der Waals surface area contributed by atoms with Crippen LogP contribution in [0.5, 0.6) is 0 Å². The Morgan fingerprint density at radius 3 is 2.54 bits per heavy atom. The van der Waals surface area contributed by atoms with Gasteiger partial charge in [-0.25, -0.2) is 8.78 Å². The van der Waals surface area contributed by atoms with E-state index in [1.54, 1.807) is 0 Å². The number of carbonyl (C=O) groups excluding carboxylic acids is 1. The molecule has 1 aromatic carbocycles. The van der Waals surface area contributed by atoms with Crippen LogP contribution in [0.4, 0.5) is 8.78 Å². The lowest BCUT2D eigenvalue weighted by Crippen LogP contribution is -2.55. The third-order valence-electron chi connectivity index (χ3n) is 5.83. The van der Waals surface area contributed by atoms with Crippen molar-refractivity contribution in [3.63, 3.8) is 0 Å². The smallest absolute Gasteiger partial charge is 0.323 e. The number of likely N-dealkylation sites (tertiary alicyclic amines) is 1. The lowest BCUT2D eigenvalue weighted by atomic mass is 10.0. The van der Waals surface area contributed by atoms with Gasteiger partial charge in [0, 0.05) is 50.4 Å². The number of halogens is 2. The molecule has 2 atom stereocenters. The number of carbonyl (C=O) groups is 2. The number of rotatable bonds is 5. The van der Waals surface area contributed by atoms with Gasteiger partial charge in [0.15, 0.2) is 0 Å². The zero-order valence-electron chi connectivity index (χ0n) is 16.1. The summed E-state index contributed by atoms with van der Waals surface area (Å²) in [5.41, 5.74) is 0.466. The molecule has 2 aliphatic rings. The van der Waals surface area contributed by atoms with E-state index in [-0.39, 0.29) is 24.5 Å². The topological polar surface area (TPSA) is 64.1 Å². The fourth-order valence-electron chi connectivity index (χ4n) is 4.22. The van der Waals surface area contributed by atoms with E-state index in [0.717, 1.165) is 25.3 Å². The van der Waals surface area contributed by atoms with E-state index in [0.29, 0.717) is 38.3 Å². The van der Waals surface area contributed by atoms with Gasteiger partial charge < -0.3 is 10.0 Å². The van der Waals surface area contributed by atoms with Gasteiger partial charge in [-0.05, 0) is 32.3 Å². The molecular weight excluding hydrogens is 368 g/mol. The summed E-state index contributed by atoms with van der Waals surface area (Å²) in [6.07, 6.45) is 2.44. The molecule has 2 fully saturated rings. The van der Waals surface area contributed by atoms with E-state index in [9.17, 15) is 18.4 Å². The number of benzene rings is 1. The molecule has 1 amide bonds. The highest BCUT2D eigenvalue weighted by Gasteiger charge is 2.35. The summed E-state index contributed by atoms with van der Waals surface area (Å²) in [6, 6.07) is 3.19. The van der Waals surface area contributed by atoms with Gasteiger partial charge in [0.2, 0.25) is 5.91 Å². The molecule has 6 nitrogen and oxygen atoms in total. The van der Waals surface area contributed by atoms with E-state index in [4.69, 9.17) is 5.11 Å². The van der Waals surface area contributed by atoms with Gasteiger partial charge in [-0.15, -0.1) is 0 Å². The molecule has 2 unspecified atom stereocenters. The molecule has 0 saturated carbocycles. The van der Waals surface area contributed by atoms with Crippen molar-refractivity contribution in [2.75, 3.05) is 39.3 Å². The third-order valence-corrected chi connectivity index (χ3v) is 5.83. The number of carboxylic acid groups (broad SMARTS) is 1. The van der Waals surface area contributed by atoms with Gasteiger partial charge in [-0.2, -0.15) is 0 Å². The first kappa shape index (κ1) is 20.7. The maximum absolute atomic E-state index is 14.1. The van der Waals surface area contributed by atoms with Crippen LogP contribution in [0.3, 0.4) is 0 Å². The van der Waals surface area contributed by atoms with Crippen LogP contribution < -0.4 is 0 Å². The number of hydrogen-bond acceptors (Lipinski definition) is 4. The predicted octanol–water partition coefficient (Wildman–Crippen LogP) is 2.11. The van der Waals surface area contributed by atoms with Gasteiger partial charge in [-0.1, -0.05) is 6.07 Å². The molecule has 0 aliphatic carbocycles.